The van der Waals surface area contributed by atoms with Crippen LogP contribution >= 0.6 is 15.9 Å². The van der Waals surface area contributed by atoms with E-state index in [1.807, 2.05) is 0 Å². The van der Waals surface area contributed by atoms with Gasteiger partial charge in [-0.25, -0.2) is 9.18 Å². The van der Waals surface area contributed by atoms with Crippen molar-refractivity contribution in [3.05, 3.63) is 57.8 Å². The Balaban J connectivity index is 2.13. The van der Waals surface area contributed by atoms with Crippen LogP contribution in [0.5, 0.6) is 5.75 Å². The Morgan fingerprint density at radius 2 is 2.10 bits per heavy atom. The minimum atomic E-state index is -0.592. The Labute approximate surface area is 129 Å². The van der Waals surface area contributed by atoms with Gasteiger partial charge in [0.25, 0.3) is 0 Å². The zero-order valence-corrected chi connectivity index (χ0v) is 12.8. The quantitative estimate of drug-likeness (QED) is 0.674. The maximum atomic E-state index is 13.1. The molecule has 0 radical (unpaired) electrons. The van der Waals surface area contributed by atoms with Crippen LogP contribution in [-0.4, -0.2) is 13.1 Å². The van der Waals surface area contributed by atoms with Gasteiger partial charge in [0, 0.05) is 5.69 Å². The molecule has 0 atom stereocenters. The highest BCUT2D eigenvalue weighted by molar-refractivity contribution is 9.10. The summed E-state index contributed by atoms with van der Waals surface area (Å²) < 4.78 is 23.7. The van der Waals surface area contributed by atoms with E-state index in [9.17, 15) is 9.18 Å². The van der Waals surface area contributed by atoms with Gasteiger partial charge >= 0.3 is 5.97 Å². The van der Waals surface area contributed by atoms with Gasteiger partial charge in [-0.3, -0.25) is 0 Å². The van der Waals surface area contributed by atoms with Crippen molar-refractivity contribution in [2.45, 2.75) is 6.61 Å². The molecule has 0 heterocycles. The van der Waals surface area contributed by atoms with Gasteiger partial charge in [-0.15, -0.1) is 0 Å². The number of nitrogen functional groups attached to an aromatic ring is 1. The number of ether oxygens (including phenoxy) is 2. The SMILES string of the molecule is COc1cccc(N)c1C(=O)OCc1ccc(F)c(Br)c1. The van der Waals surface area contributed by atoms with E-state index < -0.39 is 5.97 Å². The molecule has 0 aliphatic heterocycles. The number of hydrogen-bond donors (Lipinski definition) is 1. The fourth-order valence-corrected chi connectivity index (χ4v) is 2.21. The Bertz CT molecular complexity index is 676. The summed E-state index contributed by atoms with van der Waals surface area (Å²) in [5.74, 6) is -0.621. The Kier molecular flexibility index (Phi) is 4.80. The van der Waals surface area contributed by atoms with Crippen LogP contribution in [0.4, 0.5) is 10.1 Å². The smallest absolute Gasteiger partial charge is 0.344 e. The molecule has 0 amide bonds. The van der Waals surface area contributed by atoms with Gasteiger partial charge < -0.3 is 15.2 Å². The van der Waals surface area contributed by atoms with Crippen LogP contribution in [0.3, 0.4) is 0 Å². The monoisotopic (exact) mass is 353 g/mol. The second-order valence-corrected chi connectivity index (χ2v) is 5.10. The molecule has 2 rings (SSSR count). The van der Waals surface area contributed by atoms with E-state index in [1.165, 1.54) is 13.2 Å². The fourth-order valence-electron chi connectivity index (χ4n) is 1.79. The fraction of sp³-hybridized carbons (Fsp3) is 0.133. The lowest BCUT2D eigenvalue weighted by molar-refractivity contribution is 0.0470. The first-order valence-corrected chi connectivity index (χ1v) is 6.85. The zero-order valence-electron chi connectivity index (χ0n) is 11.2. The van der Waals surface area contributed by atoms with E-state index in [-0.39, 0.29) is 23.7 Å². The van der Waals surface area contributed by atoms with Gasteiger partial charge in [-0.2, -0.15) is 0 Å². The van der Waals surface area contributed by atoms with Crippen LogP contribution in [0.2, 0.25) is 0 Å². The predicted molar refractivity (Wildman–Crippen MR) is 80.6 cm³/mol. The van der Waals surface area contributed by atoms with Crippen molar-refractivity contribution in [2.75, 3.05) is 12.8 Å². The molecule has 0 bridgehead atoms. The van der Waals surface area contributed by atoms with Crippen LogP contribution in [-0.2, 0) is 11.3 Å². The minimum absolute atomic E-state index is 0.00913. The van der Waals surface area contributed by atoms with Crippen molar-refractivity contribution in [3.8, 4) is 5.75 Å². The molecule has 0 unspecified atom stereocenters. The summed E-state index contributed by atoms with van der Waals surface area (Å²) >= 11 is 3.08. The van der Waals surface area contributed by atoms with Gasteiger partial charge in [0.1, 0.15) is 23.7 Å². The Morgan fingerprint density at radius 1 is 1.33 bits per heavy atom. The zero-order chi connectivity index (χ0) is 15.4. The maximum Gasteiger partial charge on any atom is 0.344 e. The van der Waals surface area contributed by atoms with Gasteiger partial charge in [-0.1, -0.05) is 12.1 Å². The van der Waals surface area contributed by atoms with Gasteiger partial charge in [0.05, 0.1) is 11.6 Å². The summed E-state index contributed by atoms with van der Waals surface area (Å²) in [4.78, 5) is 12.1. The molecule has 0 saturated carbocycles. The molecule has 0 aromatic heterocycles. The molecule has 0 saturated heterocycles. The van der Waals surface area contributed by atoms with Crippen LogP contribution in [0.1, 0.15) is 15.9 Å². The molecule has 4 nitrogen and oxygen atoms in total. The summed E-state index contributed by atoms with van der Waals surface area (Å²) in [7, 11) is 1.45. The van der Waals surface area contributed by atoms with Crippen molar-refractivity contribution in [1.82, 2.24) is 0 Å². The average Bonchev–Trinajstić information content (AvgIpc) is 2.47. The molecule has 6 heteroatoms. The van der Waals surface area contributed by atoms with Gasteiger partial charge in [-0.05, 0) is 45.8 Å². The number of hydrogen-bond acceptors (Lipinski definition) is 4. The van der Waals surface area contributed by atoms with E-state index in [0.717, 1.165) is 0 Å². The third-order valence-electron chi connectivity index (χ3n) is 2.84. The van der Waals surface area contributed by atoms with E-state index in [0.29, 0.717) is 15.8 Å². The maximum absolute atomic E-state index is 13.1. The largest absolute Gasteiger partial charge is 0.496 e. The molecule has 110 valence electrons. The molecule has 2 N–H and O–H groups in total. The summed E-state index contributed by atoms with van der Waals surface area (Å²) in [6.45, 7) is 0.00913. The highest BCUT2D eigenvalue weighted by atomic mass is 79.9. The van der Waals surface area contributed by atoms with Crippen LogP contribution in [0, 0.1) is 5.82 Å². The first-order valence-electron chi connectivity index (χ1n) is 6.06. The third kappa shape index (κ3) is 3.52. The normalized spacial score (nSPS) is 10.2. The van der Waals surface area contributed by atoms with Crippen LogP contribution in [0.15, 0.2) is 40.9 Å². The van der Waals surface area contributed by atoms with Crippen LogP contribution in [0.25, 0.3) is 0 Å². The standard InChI is InChI=1S/C15H13BrFNO3/c1-20-13-4-2-3-12(18)14(13)15(19)21-8-9-5-6-11(17)10(16)7-9/h2-7H,8,18H2,1H3. The van der Waals surface area contributed by atoms with Gasteiger partial charge in [0.2, 0.25) is 0 Å². The van der Waals surface area contributed by atoms with E-state index in [4.69, 9.17) is 15.2 Å². The molecule has 0 fully saturated rings. The number of nitrogens with two attached hydrogens (primary N) is 1. The highest BCUT2D eigenvalue weighted by Crippen LogP contribution is 2.25. The first-order chi connectivity index (χ1) is 10.0. The lowest BCUT2D eigenvalue weighted by Gasteiger charge is -2.11. The number of carbonyl (C=O) groups excluding carboxylic acids is 1. The van der Waals surface area contributed by atoms with E-state index in [2.05, 4.69) is 15.9 Å². The summed E-state index contributed by atoms with van der Waals surface area (Å²) in [6, 6.07) is 9.29. The molecular weight excluding hydrogens is 341 g/mol. The van der Waals surface area contributed by atoms with Crippen molar-refractivity contribution >= 4 is 27.6 Å². The van der Waals surface area contributed by atoms with Gasteiger partial charge in [0.15, 0.2) is 0 Å². The number of benzene rings is 2. The second-order valence-electron chi connectivity index (χ2n) is 4.25. The van der Waals surface area contributed by atoms with Crippen molar-refractivity contribution in [1.29, 1.82) is 0 Å². The molecule has 2 aromatic rings. The average molecular weight is 354 g/mol. The lowest BCUT2D eigenvalue weighted by atomic mass is 10.1. The number of anilines is 1. The molecule has 0 spiro atoms. The molecule has 0 aliphatic rings. The van der Waals surface area contributed by atoms with E-state index in [1.54, 1.807) is 30.3 Å². The topological polar surface area (TPSA) is 61.5 Å². The minimum Gasteiger partial charge on any atom is -0.496 e. The molecule has 2 aromatic carbocycles. The molecule has 0 aliphatic carbocycles. The number of methoxy groups -OCH3 is 1. The lowest BCUT2D eigenvalue weighted by Crippen LogP contribution is -2.10. The van der Waals surface area contributed by atoms with Crippen molar-refractivity contribution < 1.29 is 18.7 Å². The predicted octanol–water partition coefficient (Wildman–Crippen LogP) is 3.54. The molecule has 21 heavy (non-hydrogen) atoms. The highest BCUT2D eigenvalue weighted by Gasteiger charge is 2.17. The van der Waals surface area contributed by atoms with Crippen LogP contribution < -0.4 is 10.5 Å². The summed E-state index contributed by atoms with van der Waals surface area (Å²) in [6.07, 6.45) is 0. The van der Waals surface area contributed by atoms with E-state index >= 15 is 0 Å². The Morgan fingerprint density at radius 3 is 2.76 bits per heavy atom. The number of rotatable bonds is 4. The first kappa shape index (κ1) is 15.3. The van der Waals surface area contributed by atoms with Crippen molar-refractivity contribution in [2.24, 2.45) is 0 Å². The summed E-state index contributed by atoms with van der Waals surface area (Å²) in [5.41, 5.74) is 6.89. The Hall–Kier alpha value is -2.08. The number of esters is 1. The third-order valence-corrected chi connectivity index (χ3v) is 3.44. The van der Waals surface area contributed by atoms with Crippen molar-refractivity contribution in [3.63, 3.8) is 0 Å². The summed E-state index contributed by atoms with van der Waals surface area (Å²) in [5, 5.41) is 0. The number of halogens is 2. The number of carbonyl (C=O) groups is 1. The molecular formula is C15H13BrFNO3. The second kappa shape index (κ2) is 6.58.